The summed E-state index contributed by atoms with van der Waals surface area (Å²) >= 11 is 0. The number of para-hydroxylation sites is 2. The lowest BCUT2D eigenvalue weighted by molar-refractivity contribution is 0.477. The molecule has 146 valence electrons. The van der Waals surface area contributed by atoms with Crippen LogP contribution in [0.3, 0.4) is 0 Å². The summed E-state index contributed by atoms with van der Waals surface area (Å²) in [7, 11) is 0. The Bertz CT molecular complexity index is 1140. The summed E-state index contributed by atoms with van der Waals surface area (Å²) in [4.78, 5) is 4.85. The van der Waals surface area contributed by atoms with Crippen molar-refractivity contribution in [3.05, 3.63) is 95.3 Å². The van der Waals surface area contributed by atoms with E-state index >= 15 is 0 Å². The molecule has 0 amide bonds. The Morgan fingerprint density at radius 3 is 2.34 bits per heavy atom. The highest BCUT2D eigenvalue weighted by atomic mass is 19.1. The van der Waals surface area contributed by atoms with E-state index < -0.39 is 0 Å². The Morgan fingerprint density at radius 1 is 0.931 bits per heavy atom. The van der Waals surface area contributed by atoms with Crippen LogP contribution in [0.2, 0.25) is 0 Å². The van der Waals surface area contributed by atoms with Crippen LogP contribution in [0.15, 0.2) is 72.8 Å². The largest absolute Gasteiger partial charge is 0.349 e. The normalized spacial score (nSPS) is 18.6. The molecule has 0 spiro atoms. The van der Waals surface area contributed by atoms with Crippen molar-refractivity contribution in [1.82, 2.24) is 9.55 Å². The number of halogens is 1. The second-order valence-corrected chi connectivity index (χ2v) is 8.12. The predicted molar refractivity (Wildman–Crippen MR) is 116 cm³/mol. The van der Waals surface area contributed by atoms with Crippen molar-refractivity contribution in [2.75, 3.05) is 5.32 Å². The van der Waals surface area contributed by atoms with Crippen molar-refractivity contribution < 1.29 is 4.39 Å². The van der Waals surface area contributed by atoms with Crippen LogP contribution in [0.1, 0.15) is 55.0 Å². The highest BCUT2D eigenvalue weighted by Crippen LogP contribution is 2.41. The van der Waals surface area contributed by atoms with Crippen LogP contribution in [0, 0.1) is 5.82 Å². The average Bonchev–Trinajstić information content (AvgIpc) is 3.12. The summed E-state index contributed by atoms with van der Waals surface area (Å²) in [6, 6.07) is 24.2. The second-order valence-electron chi connectivity index (χ2n) is 8.12. The van der Waals surface area contributed by atoms with Crippen LogP contribution in [0.25, 0.3) is 11.0 Å². The number of hydrogen-bond acceptors (Lipinski definition) is 2. The summed E-state index contributed by atoms with van der Waals surface area (Å²) < 4.78 is 15.7. The molecular weight excluding hydrogens is 361 g/mol. The van der Waals surface area contributed by atoms with E-state index in [9.17, 15) is 4.39 Å². The van der Waals surface area contributed by atoms with Crippen molar-refractivity contribution in [3.63, 3.8) is 0 Å². The molecule has 1 N–H and O–H groups in total. The lowest BCUT2D eigenvalue weighted by atomic mass is 9.91. The lowest BCUT2D eigenvalue weighted by Crippen LogP contribution is -2.27. The quantitative estimate of drug-likeness (QED) is 0.439. The summed E-state index contributed by atoms with van der Waals surface area (Å²) in [6.07, 6.45) is 0.875. The fourth-order valence-corrected chi connectivity index (χ4v) is 4.31. The zero-order chi connectivity index (χ0) is 20.0. The zero-order valence-corrected chi connectivity index (χ0v) is 16.6. The molecule has 1 aliphatic rings. The van der Waals surface area contributed by atoms with Crippen molar-refractivity contribution in [1.29, 1.82) is 0 Å². The van der Waals surface area contributed by atoms with Crippen molar-refractivity contribution in [2.24, 2.45) is 0 Å². The maximum Gasteiger partial charge on any atom is 0.204 e. The Morgan fingerprint density at radius 2 is 1.62 bits per heavy atom. The van der Waals surface area contributed by atoms with E-state index in [2.05, 4.69) is 60.1 Å². The van der Waals surface area contributed by atoms with Gasteiger partial charge in [0.25, 0.3) is 0 Å². The van der Waals surface area contributed by atoms with E-state index in [0.29, 0.717) is 5.92 Å². The van der Waals surface area contributed by atoms with Gasteiger partial charge in [-0.25, -0.2) is 9.37 Å². The number of benzene rings is 3. The third-order valence-corrected chi connectivity index (χ3v) is 5.93. The van der Waals surface area contributed by atoms with Gasteiger partial charge in [-0.15, -0.1) is 0 Å². The first-order chi connectivity index (χ1) is 14.1. The van der Waals surface area contributed by atoms with Gasteiger partial charge in [0, 0.05) is 0 Å². The van der Waals surface area contributed by atoms with Crippen LogP contribution >= 0.6 is 0 Å². The highest BCUT2D eigenvalue weighted by molar-refractivity contribution is 5.79. The standard InChI is InChI=1S/C25H24FN3/c1-16(2)17-7-9-19(10-8-17)24-15-22(18-11-13-20(26)14-12-18)28-25-27-21-5-3-4-6-23(21)29(24)25/h3-14,16,22,24H,15H2,1-2H3,(H,27,28)/t22-,24-/m1/s1. The molecule has 3 nitrogen and oxygen atoms in total. The Balaban J connectivity index is 1.62. The summed E-state index contributed by atoms with van der Waals surface area (Å²) in [5.74, 6) is 1.16. The molecule has 0 unspecified atom stereocenters. The van der Waals surface area contributed by atoms with Gasteiger partial charge in [0.1, 0.15) is 5.82 Å². The third-order valence-electron chi connectivity index (χ3n) is 5.93. The number of nitrogens with zero attached hydrogens (tertiary/aromatic N) is 2. The molecule has 0 fully saturated rings. The molecule has 29 heavy (non-hydrogen) atoms. The first kappa shape index (κ1) is 17.9. The molecule has 0 saturated carbocycles. The zero-order valence-electron chi connectivity index (χ0n) is 16.6. The van der Waals surface area contributed by atoms with Gasteiger partial charge in [0.2, 0.25) is 5.95 Å². The lowest BCUT2D eigenvalue weighted by Gasteiger charge is -2.33. The topological polar surface area (TPSA) is 29.9 Å². The first-order valence-corrected chi connectivity index (χ1v) is 10.2. The molecule has 2 heterocycles. The fraction of sp³-hybridized carbons (Fsp3) is 0.240. The number of fused-ring (bicyclic) bond motifs is 3. The van der Waals surface area contributed by atoms with E-state index in [1.54, 1.807) is 0 Å². The number of imidazole rings is 1. The minimum atomic E-state index is -0.211. The van der Waals surface area contributed by atoms with Gasteiger partial charge in [0.05, 0.1) is 23.1 Å². The van der Waals surface area contributed by atoms with Crippen molar-refractivity contribution >= 4 is 17.0 Å². The van der Waals surface area contributed by atoms with E-state index in [0.717, 1.165) is 29.0 Å². The van der Waals surface area contributed by atoms with Crippen LogP contribution in [-0.2, 0) is 0 Å². The number of rotatable bonds is 3. The van der Waals surface area contributed by atoms with Crippen LogP contribution in [0.4, 0.5) is 10.3 Å². The molecule has 1 aliphatic heterocycles. The van der Waals surface area contributed by atoms with E-state index in [1.165, 1.54) is 23.3 Å². The first-order valence-electron chi connectivity index (χ1n) is 10.2. The van der Waals surface area contributed by atoms with E-state index in [1.807, 2.05) is 24.3 Å². The van der Waals surface area contributed by atoms with Gasteiger partial charge in [-0.3, -0.25) is 0 Å². The molecule has 0 radical (unpaired) electrons. The number of anilines is 1. The van der Waals surface area contributed by atoms with Gasteiger partial charge < -0.3 is 9.88 Å². The Kier molecular flexibility index (Phi) is 4.35. The van der Waals surface area contributed by atoms with Gasteiger partial charge in [-0.2, -0.15) is 0 Å². The molecular formula is C25H24FN3. The minimum Gasteiger partial charge on any atom is -0.349 e. The van der Waals surface area contributed by atoms with Gasteiger partial charge in [0.15, 0.2) is 0 Å². The van der Waals surface area contributed by atoms with Crippen molar-refractivity contribution in [2.45, 2.75) is 38.3 Å². The number of hydrogen-bond donors (Lipinski definition) is 1. The third kappa shape index (κ3) is 3.19. The molecule has 4 aromatic rings. The molecule has 0 aliphatic carbocycles. The maximum absolute atomic E-state index is 13.4. The fourth-order valence-electron chi connectivity index (χ4n) is 4.31. The van der Waals surface area contributed by atoms with Gasteiger partial charge in [-0.1, -0.05) is 62.4 Å². The van der Waals surface area contributed by atoms with Gasteiger partial charge >= 0.3 is 0 Å². The monoisotopic (exact) mass is 385 g/mol. The van der Waals surface area contributed by atoms with Crippen LogP contribution in [0.5, 0.6) is 0 Å². The predicted octanol–water partition coefficient (Wildman–Crippen LogP) is 6.45. The van der Waals surface area contributed by atoms with E-state index in [-0.39, 0.29) is 17.9 Å². The molecule has 4 heteroatoms. The highest BCUT2D eigenvalue weighted by Gasteiger charge is 2.31. The smallest absolute Gasteiger partial charge is 0.204 e. The van der Waals surface area contributed by atoms with Crippen LogP contribution in [-0.4, -0.2) is 9.55 Å². The molecule has 1 aromatic heterocycles. The van der Waals surface area contributed by atoms with Gasteiger partial charge in [-0.05, 0) is 53.3 Å². The van der Waals surface area contributed by atoms with Crippen LogP contribution < -0.4 is 5.32 Å². The van der Waals surface area contributed by atoms with E-state index in [4.69, 9.17) is 4.98 Å². The Labute approximate surface area is 170 Å². The molecule has 0 saturated heterocycles. The SMILES string of the molecule is CC(C)c1ccc([C@H]2C[C@H](c3ccc(F)cc3)Nc3nc4ccccc4n32)cc1. The minimum absolute atomic E-state index is 0.0784. The summed E-state index contributed by atoms with van der Waals surface area (Å²) in [5, 5.41) is 3.58. The average molecular weight is 385 g/mol. The summed E-state index contributed by atoms with van der Waals surface area (Å²) in [6.45, 7) is 4.43. The van der Waals surface area contributed by atoms with Crippen molar-refractivity contribution in [3.8, 4) is 0 Å². The maximum atomic E-state index is 13.4. The Hall–Kier alpha value is -3.14. The second kappa shape index (κ2) is 7.03. The molecule has 0 bridgehead atoms. The molecule has 3 aromatic carbocycles. The number of aromatic nitrogens is 2. The summed E-state index contributed by atoms with van der Waals surface area (Å²) in [5.41, 5.74) is 5.80. The molecule has 5 rings (SSSR count). The molecule has 2 atom stereocenters. The number of nitrogens with one attached hydrogen (secondary N) is 1.